The molecular formula is C20H30O. The van der Waals surface area contributed by atoms with Crippen molar-refractivity contribution in [2.75, 3.05) is 6.61 Å². The summed E-state index contributed by atoms with van der Waals surface area (Å²) in [5.74, 6) is 0. The predicted octanol–water partition coefficient (Wildman–Crippen LogP) is 5.60. The SMILES string of the molecule is C=Cc1ccccc1.CC.CC.OCCc1ccccc1. The topological polar surface area (TPSA) is 20.2 Å². The van der Waals surface area contributed by atoms with Crippen molar-refractivity contribution in [1.82, 2.24) is 0 Å². The lowest BCUT2D eigenvalue weighted by atomic mass is 10.2. The Labute approximate surface area is 131 Å². The average molecular weight is 286 g/mol. The van der Waals surface area contributed by atoms with Crippen LogP contribution in [0.2, 0.25) is 0 Å². The fourth-order valence-electron chi connectivity index (χ4n) is 1.36. The summed E-state index contributed by atoms with van der Waals surface area (Å²) in [5, 5.41) is 8.52. The molecule has 0 heterocycles. The van der Waals surface area contributed by atoms with Crippen molar-refractivity contribution in [2.45, 2.75) is 34.1 Å². The van der Waals surface area contributed by atoms with Crippen molar-refractivity contribution in [3.05, 3.63) is 78.4 Å². The maximum atomic E-state index is 8.52. The molecule has 2 rings (SSSR count). The summed E-state index contributed by atoms with van der Waals surface area (Å²) in [4.78, 5) is 0. The summed E-state index contributed by atoms with van der Waals surface area (Å²) >= 11 is 0. The molecule has 2 aromatic rings. The third-order valence-electron chi connectivity index (χ3n) is 2.28. The summed E-state index contributed by atoms with van der Waals surface area (Å²) in [6.45, 7) is 11.9. The summed E-state index contributed by atoms with van der Waals surface area (Å²) in [6.07, 6.45) is 2.60. The molecule has 1 heteroatoms. The number of rotatable bonds is 3. The van der Waals surface area contributed by atoms with E-state index in [9.17, 15) is 0 Å². The van der Waals surface area contributed by atoms with Gasteiger partial charge in [-0.15, -0.1) is 0 Å². The zero-order chi connectivity index (χ0) is 16.3. The maximum Gasteiger partial charge on any atom is 0.0471 e. The first-order chi connectivity index (χ1) is 10.4. The molecule has 0 amide bonds. The molecule has 0 unspecified atom stereocenters. The van der Waals surface area contributed by atoms with Crippen LogP contribution in [0.15, 0.2) is 67.2 Å². The van der Waals surface area contributed by atoms with E-state index in [0.717, 1.165) is 6.42 Å². The Balaban J connectivity index is 0. The number of benzene rings is 2. The lowest BCUT2D eigenvalue weighted by Crippen LogP contribution is -1.88. The van der Waals surface area contributed by atoms with Crippen LogP contribution in [-0.4, -0.2) is 11.7 Å². The molecule has 116 valence electrons. The van der Waals surface area contributed by atoms with Gasteiger partial charge in [-0.2, -0.15) is 0 Å². The van der Waals surface area contributed by atoms with Crippen LogP contribution in [0.3, 0.4) is 0 Å². The maximum absolute atomic E-state index is 8.52. The Morgan fingerprint density at radius 3 is 1.57 bits per heavy atom. The van der Waals surface area contributed by atoms with Crippen LogP contribution in [0, 0.1) is 0 Å². The Hall–Kier alpha value is -1.86. The van der Waals surface area contributed by atoms with E-state index in [2.05, 4.69) is 6.58 Å². The van der Waals surface area contributed by atoms with Crippen molar-refractivity contribution in [1.29, 1.82) is 0 Å². The smallest absolute Gasteiger partial charge is 0.0471 e. The van der Waals surface area contributed by atoms with Gasteiger partial charge in [-0.25, -0.2) is 0 Å². The van der Waals surface area contributed by atoms with Gasteiger partial charge in [0.05, 0.1) is 0 Å². The lowest BCUT2D eigenvalue weighted by Gasteiger charge is -1.93. The van der Waals surface area contributed by atoms with Crippen LogP contribution >= 0.6 is 0 Å². The second kappa shape index (κ2) is 18.1. The molecule has 0 bridgehead atoms. The Morgan fingerprint density at radius 1 is 0.810 bits per heavy atom. The standard InChI is InChI=1S/C8H10O.C8H8.2C2H6/c9-7-6-8-4-2-1-3-5-8;1-2-8-6-4-3-5-7-8;2*1-2/h1-5,9H,6-7H2;2-7H,1H2;2*1-2H3. The summed E-state index contributed by atoms with van der Waals surface area (Å²) in [7, 11) is 0. The van der Waals surface area contributed by atoms with E-state index in [0.29, 0.717) is 0 Å². The first kappa shape index (κ1) is 21.4. The predicted molar refractivity (Wildman–Crippen MR) is 96.5 cm³/mol. The molecule has 0 radical (unpaired) electrons. The Bertz CT molecular complexity index is 406. The first-order valence-corrected chi connectivity index (χ1v) is 7.69. The van der Waals surface area contributed by atoms with Crippen molar-refractivity contribution >= 4 is 6.08 Å². The monoisotopic (exact) mass is 286 g/mol. The highest BCUT2D eigenvalue weighted by molar-refractivity contribution is 5.45. The minimum absolute atomic E-state index is 0.240. The molecule has 0 aromatic heterocycles. The van der Waals surface area contributed by atoms with Crippen LogP contribution < -0.4 is 0 Å². The van der Waals surface area contributed by atoms with Gasteiger partial charge in [-0.3, -0.25) is 0 Å². The van der Waals surface area contributed by atoms with Crippen molar-refractivity contribution in [2.24, 2.45) is 0 Å². The fraction of sp³-hybridized carbons (Fsp3) is 0.300. The molecule has 1 nitrogen and oxygen atoms in total. The highest BCUT2D eigenvalue weighted by Gasteiger charge is 1.85. The zero-order valence-corrected chi connectivity index (χ0v) is 13.9. The van der Waals surface area contributed by atoms with Crippen LogP contribution in [0.5, 0.6) is 0 Å². The van der Waals surface area contributed by atoms with E-state index in [-0.39, 0.29) is 6.61 Å². The van der Waals surface area contributed by atoms with Crippen molar-refractivity contribution < 1.29 is 5.11 Å². The average Bonchev–Trinajstić information content (AvgIpc) is 2.61. The fourth-order valence-corrected chi connectivity index (χ4v) is 1.36. The molecule has 0 aliphatic carbocycles. The summed E-state index contributed by atoms with van der Waals surface area (Å²) < 4.78 is 0. The van der Waals surface area contributed by atoms with Gasteiger partial charge in [0.1, 0.15) is 0 Å². The van der Waals surface area contributed by atoms with E-state index >= 15 is 0 Å². The zero-order valence-electron chi connectivity index (χ0n) is 13.9. The van der Waals surface area contributed by atoms with Gasteiger partial charge in [0, 0.05) is 6.61 Å². The molecule has 21 heavy (non-hydrogen) atoms. The number of hydrogen-bond donors (Lipinski definition) is 1. The molecule has 0 atom stereocenters. The summed E-state index contributed by atoms with van der Waals surface area (Å²) in [5.41, 5.74) is 2.37. The third-order valence-corrected chi connectivity index (χ3v) is 2.28. The van der Waals surface area contributed by atoms with Crippen LogP contribution in [0.25, 0.3) is 6.08 Å². The van der Waals surface area contributed by atoms with Gasteiger partial charge in [0.2, 0.25) is 0 Å². The normalized spacial score (nSPS) is 7.86. The first-order valence-electron chi connectivity index (χ1n) is 7.69. The number of hydrogen-bond acceptors (Lipinski definition) is 1. The van der Waals surface area contributed by atoms with Gasteiger partial charge in [0.15, 0.2) is 0 Å². The van der Waals surface area contributed by atoms with Crippen molar-refractivity contribution in [3.63, 3.8) is 0 Å². The third kappa shape index (κ3) is 12.9. The molecule has 2 aromatic carbocycles. The molecule has 0 aliphatic rings. The molecule has 0 fully saturated rings. The van der Waals surface area contributed by atoms with Gasteiger partial charge >= 0.3 is 0 Å². The number of aliphatic hydroxyl groups excluding tert-OH is 1. The van der Waals surface area contributed by atoms with E-state index in [4.69, 9.17) is 5.11 Å². The van der Waals surface area contributed by atoms with Crippen LogP contribution in [0.1, 0.15) is 38.8 Å². The quantitative estimate of drug-likeness (QED) is 0.778. The second-order valence-electron chi connectivity index (χ2n) is 3.57. The lowest BCUT2D eigenvalue weighted by molar-refractivity contribution is 0.299. The van der Waals surface area contributed by atoms with Gasteiger partial charge < -0.3 is 5.11 Å². The van der Waals surface area contributed by atoms with Gasteiger partial charge in [-0.1, -0.05) is 101 Å². The number of aliphatic hydroxyl groups is 1. The largest absolute Gasteiger partial charge is 0.396 e. The second-order valence-corrected chi connectivity index (χ2v) is 3.57. The van der Waals surface area contributed by atoms with Gasteiger partial charge in [0.25, 0.3) is 0 Å². The van der Waals surface area contributed by atoms with Gasteiger partial charge in [-0.05, 0) is 17.5 Å². The van der Waals surface area contributed by atoms with E-state index in [1.54, 1.807) is 0 Å². The van der Waals surface area contributed by atoms with Crippen molar-refractivity contribution in [3.8, 4) is 0 Å². The molecule has 0 saturated carbocycles. The van der Waals surface area contributed by atoms with Crippen LogP contribution in [0.4, 0.5) is 0 Å². The minimum Gasteiger partial charge on any atom is -0.396 e. The minimum atomic E-state index is 0.240. The van der Waals surface area contributed by atoms with E-state index < -0.39 is 0 Å². The molecule has 0 spiro atoms. The molecule has 1 N–H and O–H groups in total. The Morgan fingerprint density at radius 2 is 1.24 bits per heavy atom. The Kier molecular flexibility index (Phi) is 18.5. The van der Waals surface area contributed by atoms with E-state index in [1.165, 1.54) is 11.1 Å². The van der Waals surface area contributed by atoms with E-state index in [1.807, 2.05) is 94.4 Å². The summed E-state index contributed by atoms with van der Waals surface area (Å²) in [6, 6.07) is 20.0. The molecular weight excluding hydrogens is 256 g/mol. The molecule has 0 aliphatic heterocycles. The highest BCUT2D eigenvalue weighted by atomic mass is 16.2. The molecule has 0 saturated heterocycles. The highest BCUT2D eigenvalue weighted by Crippen LogP contribution is 1.98. The van der Waals surface area contributed by atoms with Crippen LogP contribution in [-0.2, 0) is 6.42 Å².